The molecule has 0 aliphatic carbocycles. The molecular weight excluding hydrogens is 393 g/mol. The van der Waals surface area contributed by atoms with Gasteiger partial charge in [0.2, 0.25) is 0 Å². The van der Waals surface area contributed by atoms with Crippen LogP contribution in [0.25, 0.3) is 46.8 Å². The van der Waals surface area contributed by atoms with Crippen LogP contribution in [0, 0.1) is 0 Å². The van der Waals surface area contributed by atoms with E-state index in [9.17, 15) is 0 Å². The van der Waals surface area contributed by atoms with Gasteiger partial charge >= 0.3 is 163 Å². The average Bonchev–Trinajstić information content (AvgIpc) is 3.04. The number of benzene rings is 4. The van der Waals surface area contributed by atoms with E-state index in [1.807, 2.05) is 0 Å². The second-order valence-corrected chi connectivity index (χ2v) is 9.15. The van der Waals surface area contributed by atoms with E-state index < -0.39 is 0 Å². The maximum absolute atomic E-state index is 2.42. The number of hydrogen-bond donors (Lipinski definition) is 0. The third-order valence-electron chi connectivity index (χ3n) is 5.27. The Bertz CT molecular complexity index is 1460. The van der Waals surface area contributed by atoms with Gasteiger partial charge in [-0.05, 0) is 0 Å². The molecule has 27 heavy (non-hydrogen) atoms. The van der Waals surface area contributed by atoms with Crippen LogP contribution in [-0.4, -0.2) is 14.5 Å². The monoisotopic (exact) mass is 410 g/mol. The number of rotatable bonds is 1. The minimum absolute atomic E-state index is 0.340. The van der Waals surface area contributed by atoms with Crippen LogP contribution in [0.3, 0.4) is 0 Å². The molecule has 6 aromatic rings. The van der Waals surface area contributed by atoms with Gasteiger partial charge in [-0.25, -0.2) is 0 Å². The zero-order valence-electron chi connectivity index (χ0n) is 14.6. The molecule has 0 unspecified atom stereocenters. The van der Waals surface area contributed by atoms with E-state index in [1.165, 1.54) is 46.8 Å². The average molecular weight is 409 g/mol. The molecule has 0 bridgehead atoms. The number of para-hydroxylation sites is 2. The quantitative estimate of drug-likeness (QED) is 0.188. The molecule has 0 spiro atoms. The molecule has 0 saturated carbocycles. The van der Waals surface area contributed by atoms with Gasteiger partial charge in [0.25, 0.3) is 0 Å². The first-order chi connectivity index (χ1) is 13.4. The van der Waals surface area contributed by atoms with Gasteiger partial charge in [-0.2, -0.15) is 0 Å². The maximum atomic E-state index is 2.42. The predicted octanol–water partition coefficient (Wildman–Crippen LogP) is 5.63. The predicted molar refractivity (Wildman–Crippen MR) is 115 cm³/mol. The van der Waals surface area contributed by atoms with Gasteiger partial charge < -0.3 is 0 Å². The van der Waals surface area contributed by atoms with Crippen LogP contribution in [-0.2, 0) is 0 Å². The van der Waals surface area contributed by atoms with Crippen LogP contribution >= 0.6 is 0 Å². The molecule has 126 valence electrons. The molecule has 0 radical (unpaired) electrons. The van der Waals surface area contributed by atoms with Crippen molar-refractivity contribution in [1.29, 1.82) is 0 Å². The van der Waals surface area contributed by atoms with Crippen molar-refractivity contribution in [3.8, 4) is 5.69 Å². The van der Waals surface area contributed by atoms with Gasteiger partial charge in [-0.3, -0.25) is 0 Å². The molecule has 0 aliphatic heterocycles. The summed E-state index contributed by atoms with van der Waals surface area (Å²) in [5, 5.41) is 5.40. The Kier molecular flexibility index (Phi) is 3.25. The zero-order valence-corrected chi connectivity index (χ0v) is 16.3. The van der Waals surface area contributed by atoms with Gasteiger partial charge in [0.1, 0.15) is 0 Å². The topological polar surface area (TPSA) is 3.88 Å². The number of nitrogens with zero attached hydrogens (tertiary/aromatic N) is 1. The van der Waals surface area contributed by atoms with Crippen molar-refractivity contribution < 1.29 is 4.57 Å². The molecule has 2 heteroatoms. The SMILES string of the molecule is c1ccc(-[n+]2c3ccccc3c3cc4cc5ccccc5[se]c4cc32)cc1. The van der Waals surface area contributed by atoms with Crippen molar-refractivity contribution in [3.05, 3.63) is 97.1 Å². The molecule has 0 atom stereocenters. The van der Waals surface area contributed by atoms with E-state index >= 15 is 0 Å². The molecular formula is C25H16NSe+. The third-order valence-corrected chi connectivity index (χ3v) is 7.71. The summed E-state index contributed by atoms with van der Waals surface area (Å²) in [7, 11) is 0. The molecule has 0 N–H and O–H groups in total. The Morgan fingerprint density at radius 1 is 0.519 bits per heavy atom. The second kappa shape index (κ2) is 5.79. The number of fused-ring (bicyclic) bond motifs is 5. The van der Waals surface area contributed by atoms with E-state index in [0.717, 1.165) is 0 Å². The minimum atomic E-state index is 0.340. The van der Waals surface area contributed by atoms with E-state index in [2.05, 4.69) is 102 Å². The van der Waals surface area contributed by atoms with Crippen molar-refractivity contribution in [2.75, 3.05) is 0 Å². The van der Waals surface area contributed by atoms with Gasteiger partial charge in [0.15, 0.2) is 0 Å². The van der Waals surface area contributed by atoms with E-state index in [0.29, 0.717) is 14.5 Å². The second-order valence-electron chi connectivity index (χ2n) is 6.88. The Balaban J connectivity index is 1.82. The van der Waals surface area contributed by atoms with Crippen LogP contribution in [0.5, 0.6) is 0 Å². The molecule has 4 aromatic carbocycles. The zero-order chi connectivity index (χ0) is 17.8. The van der Waals surface area contributed by atoms with Crippen LogP contribution in [0.2, 0.25) is 0 Å². The van der Waals surface area contributed by atoms with Crippen molar-refractivity contribution in [3.63, 3.8) is 0 Å². The van der Waals surface area contributed by atoms with Gasteiger partial charge in [-0.1, -0.05) is 0 Å². The fourth-order valence-corrected chi connectivity index (χ4v) is 6.22. The summed E-state index contributed by atoms with van der Waals surface area (Å²) in [6.45, 7) is 0. The Morgan fingerprint density at radius 2 is 1.30 bits per heavy atom. The number of hydrogen-bond acceptors (Lipinski definition) is 0. The molecule has 1 nitrogen and oxygen atoms in total. The van der Waals surface area contributed by atoms with Crippen molar-refractivity contribution in [2.45, 2.75) is 0 Å². The van der Waals surface area contributed by atoms with Crippen molar-refractivity contribution in [1.82, 2.24) is 0 Å². The fraction of sp³-hybridized carbons (Fsp3) is 0. The van der Waals surface area contributed by atoms with Crippen LogP contribution in [0.4, 0.5) is 0 Å². The first kappa shape index (κ1) is 15.2. The van der Waals surface area contributed by atoms with Crippen molar-refractivity contribution >= 4 is 55.6 Å². The molecule has 6 rings (SSSR count). The summed E-state index contributed by atoms with van der Waals surface area (Å²) in [4.78, 5) is 0. The Hall–Kier alpha value is -2.93. The Labute approximate surface area is 162 Å². The fourth-order valence-electron chi connectivity index (χ4n) is 4.05. The van der Waals surface area contributed by atoms with Crippen LogP contribution in [0.15, 0.2) is 97.1 Å². The molecule has 0 aliphatic rings. The summed E-state index contributed by atoms with van der Waals surface area (Å²) in [5.74, 6) is 0. The first-order valence-electron chi connectivity index (χ1n) is 9.13. The van der Waals surface area contributed by atoms with E-state index in [-0.39, 0.29) is 0 Å². The van der Waals surface area contributed by atoms with E-state index in [1.54, 1.807) is 0 Å². The van der Waals surface area contributed by atoms with Crippen LogP contribution in [0.1, 0.15) is 0 Å². The first-order valence-corrected chi connectivity index (χ1v) is 10.8. The van der Waals surface area contributed by atoms with E-state index in [4.69, 9.17) is 0 Å². The molecule has 2 heterocycles. The molecule has 2 aromatic heterocycles. The molecule has 0 amide bonds. The summed E-state index contributed by atoms with van der Waals surface area (Å²) in [6.07, 6.45) is 0. The number of aromatic nitrogens is 1. The van der Waals surface area contributed by atoms with Gasteiger partial charge in [0.05, 0.1) is 0 Å². The molecule has 0 fully saturated rings. The van der Waals surface area contributed by atoms with Crippen molar-refractivity contribution in [2.24, 2.45) is 0 Å². The normalized spacial score (nSPS) is 11.7. The summed E-state index contributed by atoms with van der Waals surface area (Å²) >= 11 is 0.340. The van der Waals surface area contributed by atoms with Gasteiger partial charge in [-0.15, -0.1) is 0 Å². The van der Waals surface area contributed by atoms with Gasteiger partial charge in [0, 0.05) is 0 Å². The summed E-state index contributed by atoms with van der Waals surface area (Å²) in [6, 6.07) is 35.4. The Morgan fingerprint density at radius 3 is 2.22 bits per heavy atom. The third kappa shape index (κ3) is 2.28. The summed E-state index contributed by atoms with van der Waals surface area (Å²) < 4.78 is 5.34. The van der Waals surface area contributed by atoms with Crippen LogP contribution < -0.4 is 4.57 Å². The summed E-state index contributed by atoms with van der Waals surface area (Å²) in [5.41, 5.74) is 3.79. The molecule has 0 saturated heterocycles. The standard InChI is InChI=1S/C25H16NSe/c1-2-9-19(10-3-1)26-22-12-6-5-11-20(22)21-15-18-14-17-8-4-7-13-24(17)27-25(18)16-23(21)26/h1-16H/q+1.